The smallest absolute Gasteiger partial charge is 0.228 e. The van der Waals surface area contributed by atoms with Crippen molar-refractivity contribution in [3.63, 3.8) is 0 Å². The summed E-state index contributed by atoms with van der Waals surface area (Å²) in [5.74, 6) is 1.26. The van der Waals surface area contributed by atoms with Gasteiger partial charge in [0.2, 0.25) is 5.91 Å². The lowest BCUT2D eigenvalue weighted by Crippen LogP contribution is -2.30. The summed E-state index contributed by atoms with van der Waals surface area (Å²) in [5, 5.41) is 2.97. The van der Waals surface area contributed by atoms with E-state index in [1.54, 1.807) is 17.5 Å². The number of aromatic nitrogens is 3. The zero-order chi connectivity index (χ0) is 14.8. The first-order chi connectivity index (χ1) is 10.1. The highest BCUT2D eigenvalue weighted by atomic mass is 32.1. The van der Waals surface area contributed by atoms with Gasteiger partial charge in [-0.2, -0.15) is 0 Å². The Morgan fingerprint density at radius 3 is 3.00 bits per heavy atom. The Labute approximate surface area is 128 Å². The quantitative estimate of drug-likeness (QED) is 0.871. The molecule has 0 aromatic carbocycles. The largest absolute Gasteiger partial charge is 0.342 e. The van der Waals surface area contributed by atoms with Crippen molar-refractivity contribution in [3.05, 3.63) is 39.9 Å². The molecule has 1 amide bonds. The predicted octanol–water partition coefficient (Wildman–Crippen LogP) is 2.11. The number of carbonyl (C=O) groups excluding carboxylic acids is 1. The first-order valence-electron chi connectivity index (χ1n) is 7.10. The van der Waals surface area contributed by atoms with Gasteiger partial charge in [0.1, 0.15) is 5.82 Å². The molecule has 0 spiro atoms. The zero-order valence-corrected chi connectivity index (χ0v) is 13.1. The lowest BCUT2D eigenvalue weighted by atomic mass is 10.1. The lowest BCUT2D eigenvalue weighted by molar-refractivity contribution is -0.129. The molecule has 3 rings (SSSR count). The van der Waals surface area contributed by atoms with Crippen LogP contribution >= 0.6 is 11.3 Å². The molecule has 0 aliphatic carbocycles. The Kier molecular flexibility index (Phi) is 3.96. The van der Waals surface area contributed by atoms with Crippen LogP contribution in [0, 0.1) is 13.8 Å². The molecule has 0 saturated carbocycles. The van der Waals surface area contributed by atoms with E-state index in [2.05, 4.69) is 15.0 Å². The highest BCUT2D eigenvalue weighted by Gasteiger charge is 2.29. The van der Waals surface area contributed by atoms with Crippen molar-refractivity contribution in [2.24, 2.45) is 0 Å². The van der Waals surface area contributed by atoms with Gasteiger partial charge in [-0.15, -0.1) is 11.3 Å². The minimum absolute atomic E-state index is 0.149. The highest BCUT2D eigenvalue weighted by Crippen LogP contribution is 2.25. The van der Waals surface area contributed by atoms with Gasteiger partial charge in [-0.25, -0.2) is 15.0 Å². The van der Waals surface area contributed by atoms with Crippen molar-refractivity contribution in [2.75, 3.05) is 13.1 Å². The molecule has 0 bridgehead atoms. The third-order valence-corrected chi connectivity index (χ3v) is 4.54. The van der Waals surface area contributed by atoms with Crippen LogP contribution in [-0.4, -0.2) is 38.8 Å². The first kappa shape index (κ1) is 14.1. The van der Waals surface area contributed by atoms with E-state index in [-0.39, 0.29) is 11.8 Å². The molecule has 2 aromatic rings. The highest BCUT2D eigenvalue weighted by molar-refractivity contribution is 7.09. The molecule has 0 unspecified atom stereocenters. The Bertz CT molecular complexity index is 655. The van der Waals surface area contributed by atoms with Crippen molar-refractivity contribution in [3.8, 4) is 0 Å². The van der Waals surface area contributed by atoms with E-state index in [0.29, 0.717) is 13.0 Å². The van der Waals surface area contributed by atoms with Gasteiger partial charge >= 0.3 is 0 Å². The molecule has 1 fully saturated rings. The molecule has 2 aromatic heterocycles. The van der Waals surface area contributed by atoms with Crippen LogP contribution in [0.5, 0.6) is 0 Å². The van der Waals surface area contributed by atoms with Crippen molar-refractivity contribution in [2.45, 2.75) is 32.6 Å². The molecule has 1 saturated heterocycles. The number of hydrogen-bond acceptors (Lipinski definition) is 5. The molecule has 1 atom stereocenters. The van der Waals surface area contributed by atoms with Crippen LogP contribution in [0.2, 0.25) is 0 Å². The van der Waals surface area contributed by atoms with Gasteiger partial charge in [0.15, 0.2) is 0 Å². The molecular weight excluding hydrogens is 284 g/mol. The summed E-state index contributed by atoms with van der Waals surface area (Å²) in [5.41, 5.74) is 1.85. The van der Waals surface area contributed by atoms with Crippen molar-refractivity contribution in [1.29, 1.82) is 0 Å². The predicted molar refractivity (Wildman–Crippen MR) is 81.3 cm³/mol. The maximum atomic E-state index is 12.3. The van der Waals surface area contributed by atoms with Crippen molar-refractivity contribution >= 4 is 17.2 Å². The summed E-state index contributed by atoms with van der Waals surface area (Å²) in [7, 11) is 0. The topological polar surface area (TPSA) is 59.0 Å². The van der Waals surface area contributed by atoms with Gasteiger partial charge in [0, 0.05) is 36.3 Å². The van der Waals surface area contributed by atoms with Gasteiger partial charge in [-0.05, 0) is 26.3 Å². The average molecular weight is 302 g/mol. The van der Waals surface area contributed by atoms with Crippen molar-refractivity contribution in [1.82, 2.24) is 19.9 Å². The second-order valence-corrected chi connectivity index (χ2v) is 6.48. The summed E-state index contributed by atoms with van der Waals surface area (Å²) >= 11 is 1.59. The van der Waals surface area contributed by atoms with E-state index in [4.69, 9.17) is 0 Å². The molecule has 1 aliphatic rings. The maximum Gasteiger partial charge on any atom is 0.228 e. The Morgan fingerprint density at radius 2 is 2.29 bits per heavy atom. The normalized spacial score (nSPS) is 18.2. The van der Waals surface area contributed by atoms with E-state index in [1.165, 1.54) is 0 Å². The summed E-state index contributed by atoms with van der Waals surface area (Å²) in [6.07, 6.45) is 3.12. The Hall–Kier alpha value is -1.82. The molecule has 1 aliphatic heterocycles. The Morgan fingerprint density at radius 1 is 1.43 bits per heavy atom. The summed E-state index contributed by atoms with van der Waals surface area (Å²) in [6, 6.07) is 1.89. The van der Waals surface area contributed by atoms with Crippen LogP contribution in [0.25, 0.3) is 0 Å². The van der Waals surface area contributed by atoms with E-state index < -0.39 is 0 Å². The van der Waals surface area contributed by atoms with E-state index >= 15 is 0 Å². The SMILES string of the molecule is Cc1ccnc([C@@H]2CCN(C(=O)Cc3csc(C)n3)C2)n1. The molecule has 5 nitrogen and oxygen atoms in total. The van der Waals surface area contributed by atoms with Gasteiger partial charge in [-0.3, -0.25) is 4.79 Å². The standard InChI is InChI=1S/C15H18N4OS/c1-10-3-5-16-15(17-10)12-4-6-19(8-12)14(20)7-13-9-21-11(2)18-13/h3,5,9,12H,4,6-8H2,1-2H3/t12-/m1/s1. The molecule has 3 heterocycles. The fourth-order valence-corrected chi connectivity index (χ4v) is 3.23. The third kappa shape index (κ3) is 3.26. The van der Waals surface area contributed by atoms with Crippen LogP contribution in [0.4, 0.5) is 0 Å². The number of thiazole rings is 1. The van der Waals surface area contributed by atoms with E-state index in [1.807, 2.05) is 30.2 Å². The summed E-state index contributed by atoms with van der Waals surface area (Å²) in [6.45, 7) is 5.42. The minimum atomic E-state index is 0.149. The fourth-order valence-electron chi connectivity index (χ4n) is 2.62. The van der Waals surface area contributed by atoms with Crippen LogP contribution in [0.1, 0.15) is 34.6 Å². The van der Waals surface area contributed by atoms with Gasteiger partial charge in [-0.1, -0.05) is 0 Å². The zero-order valence-electron chi connectivity index (χ0n) is 12.2. The maximum absolute atomic E-state index is 12.3. The minimum Gasteiger partial charge on any atom is -0.342 e. The number of amides is 1. The molecule has 6 heteroatoms. The van der Waals surface area contributed by atoms with Crippen molar-refractivity contribution < 1.29 is 4.79 Å². The van der Waals surface area contributed by atoms with Gasteiger partial charge in [0.05, 0.1) is 17.1 Å². The van der Waals surface area contributed by atoms with Gasteiger partial charge in [0.25, 0.3) is 0 Å². The lowest BCUT2D eigenvalue weighted by Gasteiger charge is -2.15. The first-order valence-corrected chi connectivity index (χ1v) is 7.98. The second kappa shape index (κ2) is 5.89. The van der Waals surface area contributed by atoms with Crippen LogP contribution in [0.3, 0.4) is 0 Å². The van der Waals surface area contributed by atoms with Crippen LogP contribution in [0.15, 0.2) is 17.6 Å². The third-order valence-electron chi connectivity index (χ3n) is 3.72. The van der Waals surface area contributed by atoms with Crippen LogP contribution < -0.4 is 0 Å². The number of nitrogens with zero attached hydrogens (tertiary/aromatic N) is 4. The molecular formula is C15H18N4OS. The fraction of sp³-hybridized carbons (Fsp3) is 0.467. The van der Waals surface area contributed by atoms with Crippen LogP contribution in [-0.2, 0) is 11.2 Å². The van der Waals surface area contributed by atoms with Gasteiger partial charge < -0.3 is 4.90 Å². The molecule has 0 radical (unpaired) electrons. The monoisotopic (exact) mass is 302 g/mol. The molecule has 21 heavy (non-hydrogen) atoms. The number of likely N-dealkylation sites (tertiary alicyclic amines) is 1. The number of hydrogen-bond donors (Lipinski definition) is 0. The molecule has 0 N–H and O–H groups in total. The van der Waals surface area contributed by atoms with E-state index in [9.17, 15) is 4.79 Å². The number of carbonyl (C=O) groups is 1. The van der Waals surface area contributed by atoms with E-state index in [0.717, 1.165) is 35.2 Å². The summed E-state index contributed by atoms with van der Waals surface area (Å²) in [4.78, 5) is 27.4. The molecule has 110 valence electrons. The number of rotatable bonds is 3. The summed E-state index contributed by atoms with van der Waals surface area (Å²) < 4.78 is 0. The number of aryl methyl sites for hydroxylation is 2. The second-order valence-electron chi connectivity index (χ2n) is 5.42. The average Bonchev–Trinajstić information content (AvgIpc) is 3.08. The Balaban J connectivity index is 1.62.